The Morgan fingerprint density at radius 1 is 0.359 bits per heavy atom. The van der Waals surface area contributed by atoms with E-state index >= 15 is 0 Å². The molecular weight excluding hydrogens is 789 g/mol. The van der Waals surface area contributed by atoms with E-state index in [0.717, 1.165) is 96.3 Å². The Bertz CT molecular complexity index is 1320. The number of carbonyl (C=O) groups excluding carboxylic acids is 2. The molecule has 0 aliphatic heterocycles. The number of ether oxygens (including phenoxy) is 3. The Labute approximate surface area is 395 Å². The lowest BCUT2D eigenvalue weighted by atomic mass is 10.1. The van der Waals surface area contributed by atoms with Gasteiger partial charge in [-0.05, 0) is 109 Å². The maximum Gasteiger partial charge on any atom is 0.306 e. The summed E-state index contributed by atoms with van der Waals surface area (Å²) in [5.74, 6) is -0.516. The number of unbranched alkanes of at least 4 members (excludes halogenated alkanes) is 15. The monoisotopic (exact) mass is 885 g/mol. The van der Waals surface area contributed by atoms with Gasteiger partial charge in [0.05, 0.1) is 6.61 Å². The molecule has 5 nitrogen and oxygen atoms in total. The topological polar surface area (TPSA) is 61.8 Å². The van der Waals surface area contributed by atoms with Crippen LogP contribution in [0.5, 0.6) is 0 Å². The van der Waals surface area contributed by atoms with Crippen molar-refractivity contribution in [2.45, 2.75) is 219 Å². The van der Waals surface area contributed by atoms with Crippen LogP contribution in [0, 0.1) is 0 Å². The van der Waals surface area contributed by atoms with E-state index < -0.39 is 6.10 Å². The van der Waals surface area contributed by atoms with E-state index in [1.807, 2.05) is 6.08 Å². The van der Waals surface area contributed by atoms with Gasteiger partial charge in [-0.1, -0.05) is 213 Å². The van der Waals surface area contributed by atoms with Crippen LogP contribution >= 0.6 is 0 Å². The lowest BCUT2D eigenvalue weighted by molar-refractivity contribution is -0.162. The fourth-order valence-corrected chi connectivity index (χ4v) is 6.65. The number of carbonyl (C=O) groups is 2. The molecule has 0 bridgehead atoms. The average Bonchev–Trinajstić information content (AvgIpc) is 3.30. The summed E-state index contributed by atoms with van der Waals surface area (Å²) in [4.78, 5) is 25.4. The van der Waals surface area contributed by atoms with Crippen LogP contribution in [-0.2, 0) is 23.8 Å². The molecule has 0 N–H and O–H groups in total. The molecule has 0 saturated carbocycles. The molecule has 1 atom stereocenters. The molecule has 0 radical (unpaired) electrons. The van der Waals surface area contributed by atoms with Gasteiger partial charge >= 0.3 is 11.9 Å². The molecule has 0 aromatic rings. The van der Waals surface area contributed by atoms with Crippen molar-refractivity contribution in [3.05, 3.63) is 122 Å². The molecule has 0 saturated heterocycles. The molecule has 0 spiro atoms. The zero-order valence-electron chi connectivity index (χ0n) is 41.5. The first-order chi connectivity index (χ1) is 31.6. The summed E-state index contributed by atoms with van der Waals surface area (Å²) in [5.41, 5.74) is 0. The second-order valence-corrected chi connectivity index (χ2v) is 16.7. The first-order valence-electron chi connectivity index (χ1n) is 26.1. The maximum atomic E-state index is 12.8. The highest BCUT2D eigenvalue weighted by molar-refractivity contribution is 5.70. The van der Waals surface area contributed by atoms with Crippen LogP contribution in [0.4, 0.5) is 0 Å². The zero-order chi connectivity index (χ0) is 46.3. The summed E-state index contributed by atoms with van der Waals surface area (Å²) in [6.45, 7) is 7.46. The molecule has 0 aromatic heterocycles. The molecule has 0 aliphatic rings. The highest BCUT2D eigenvalue weighted by Gasteiger charge is 2.17. The summed E-state index contributed by atoms with van der Waals surface area (Å²) < 4.78 is 17.3. The predicted molar refractivity (Wildman–Crippen MR) is 279 cm³/mol. The molecule has 0 aliphatic carbocycles. The van der Waals surface area contributed by atoms with Gasteiger partial charge in [0.15, 0.2) is 6.10 Å². The number of allylic oxidation sites excluding steroid dienone is 20. The van der Waals surface area contributed by atoms with E-state index in [1.165, 1.54) is 77.0 Å². The fourth-order valence-electron chi connectivity index (χ4n) is 6.65. The summed E-state index contributed by atoms with van der Waals surface area (Å²) in [7, 11) is 0. The summed E-state index contributed by atoms with van der Waals surface area (Å²) in [6.07, 6.45) is 75.0. The summed E-state index contributed by atoms with van der Waals surface area (Å²) in [5, 5.41) is 0. The largest absolute Gasteiger partial charge is 0.462 e. The predicted octanol–water partition coefficient (Wildman–Crippen LogP) is 17.8. The van der Waals surface area contributed by atoms with Gasteiger partial charge in [0, 0.05) is 19.4 Å². The minimum atomic E-state index is -0.583. The number of hydrogen-bond acceptors (Lipinski definition) is 5. The molecule has 5 heteroatoms. The van der Waals surface area contributed by atoms with E-state index in [0.29, 0.717) is 25.9 Å². The van der Waals surface area contributed by atoms with Crippen molar-refractivity contribution in [1.29, 1.82) is 0 Å². The van der Waals surface area contributed by atoms with Crippen molar-refractivity contribution in [1.82, 2.24) is 0 Å². The molecule has 362 valence electrons. The van der Waals surface area contributed by atoms with Gasteiger partial charge in [-0.15, -0.1) is 0 Å². The second-order valence-electron chi connectivity index (χ2n) is 16.7. The maximum absolute atomic E-state index is 12.8. The van der Waals surface area contributed by atoms with Gasteiger partial charge < -0.3 is 14.2 Å². The van der Waals surface area contributed by atoms with Crippen molar-refractivity contribution in [2.24, 2.45) is 0 Å². The molecule has 0 aromatic carbocycles. The van der Waals surface area contributed by atoms with Crippen molar-refractivity contribution in [3.8, 4) is 0 Å². The van der Waals surface area contributed by atoms with Gasteiger partial charge in [0.2, 0.25) is 0 Å². The third-order valence-electron chi connectivity index (χ3n) is 10.5. The molecule has 0 fully saturated rings. The zero-order valence-corrected chi connectivity index (χ0v) is 41.5. The fraction of sp³-hybridized carbons (Fsp3) is 0.627. The number of esters is 2. The van der Waals surface area contributed by atoms with E-state index in [2.05, 4.69) is 136 Å². The number of rotatable bonds is 46. The van der Waals surface area contributed by atoms with E-state index in [9.17, 15) is 9.59 Å². The van der Waals surface area contributed by atoms with Crippen LogP contribution in [0.2, 0.25) is 0 Å². The standard InChI is InChI=1S/C59H96O5/c1-4-7-10-13-16-19-22-25-27-29-30-32-33-35-37-40-43-46-49-52-58(60)63-56-57(55-62-54-51-48-45-42-39-24-21-18-15-12-9-6-3)64-59(61)53-50-47-44-41-38-36-34-31-28-26-23-20-17-14-11-8-5-2/h7-8,10-11,15-20,25-28,30,32,35,37,43,46,57H,4-6,9,12-14,21-24,29,31,33-34,36,38-42,44-45,47-56H2,1-3H3/b10-7-,11-8-,18-15-,19-16-,20-17-,27-25-,28-26-,32-30-,37-35-,46-43-. The Hall–Kier alpha value is -3.70. The molecule has 64 heavy (non-hydrogen) atoms. The third-order valence-corrected chi connectivity index (χ3v) is 10.5. The van der Waals surface area contributed by atoms with E-state index in [-0.39, 0.29) is 25.2 Å². The summed E-state index contributed by atoms with van der Waals surface area (Å²) in [6, 6.07) is 0. The van der Waals surface area contributed by atoms with Crippen LogP contribution in [0.15, 0.2) is 122 Å². The molecule has 1 unspecified atom stereocenters. The molecular formula is C59H96O5. The Morgan fingerprint density at radius 2 is 0.734 bits per heavy atom. The van der Waals surface area contributed by atoms with Crippen LogP contribution < -0.4 is 0 Å². The normalized spacial score (nSPS) is 13.2. The van der Waals surface area contributed by atoms with Crippen LogP contribution in [0.3, 0.4) is 0 Å². The lowest BCUT2D eigenvalue weighted by Gasteiger charge is -2.18. The minimum absolute atomic E-state index is 0.0315. The average molecular weight is 885 g/mol. The highest BCUT2D eigenvalue weighted by atomic mass is 16.6. The quantitative estimate of drug-likeness (QED) is 0.0346. The first kappa shape index (κ1) is 60.3. The Kier molecular flexibility index (Phi) is 50.5. The van der Waals surface area contributed by atoms with Crippen LogP contribution in [0.25, 0.3) is 0 Å². The van der Waals surface area contributed by atoms with Gasteiger partial charge in [-0.2, -0.15) is 0 Å². The summed E-state index contributed by atoms with van der Waals surface area (Å²) >= 11 is 0. The van der Waals surface area contributed by atoms with E-state index in [4.69, 9.17) is 14.2 Å². The Morgan fingerprint density at radius 3 is 1.20 bits per heavy atom. The van der Waals surface area contributed by atoms with Gasteiger partial charge in [0.1, 0.15) is 6.61 Å². The van der Waals surface area contributed by atoms with Gasteiger partial charge in [-0.25, -0.2) is 0 Å². The molecule has 0 amide bonds. The minimum Gasteiger partial charge on any atom is -0.462 e. The van der Waals surface area contributed by atoms with Crippen molar-refractivity contribution >= 4 is 11.9 Å². The second kappa shape index (κ2) is 53.6. The van der Waals surface area contributed by atoms with Crippen LogP contribution in [0.1, 0.15) is 213 Å². The number of hydrogen-bond donors (Lipinski definition) is 0. The third kappa shape index (κ3) is 50.9. The molecule has 0 heterocycles. The lowest BCUT2D eigenvalue weighted by Crippen LogP contribution is -2.30. The van der Waals surface area contributed by atoms with Crippen molar-refractivity contribution in [3.63, 3.8) is 0 Å². The van der Waals surface area contributed by atoms with Crippen LogP contribution in [-0.4, -0.2) is 37.9 Å². The van der Waals surface area contributed by atoms with Crippen molar-refractivity contribution < 1.29 is 23.8 Å². The highest BCUT2D eigenvalue weighted by Crippen LogP contribution is 2.13. The smallest absolute Gasteiger partial charge is 0.306 e. The van der Waals surface area contributed by atoms with Gasteiger partial charge in [-0.3, -0.25) is 9.59 Å². The first-order valence-corrected chi connectivity index (χ1v) is 26.1. The van der Waals surface area contributed by atoms with E-state index in [1.54, 1.807) is 0 Å². The molecule has 0 rings (SSSR count). The van der Waals surface area contributed by atoms with Crippen molar-refractivity contribution in [2.75, 3.05) is 19.8 Å². The Balaban J connectivity index is 4.41. The van der Waals surface area contributed by atoms with Gasteiger partial charge in [0.25, 0.3) is 0 Å². The SMILES string of the molecule is CC/C=C\C/C=C\C/C=C\C/C=C\C/C=C\C/C=C\CCC(=O)OCC(COCCCCCCCC/C=C\CCCC)OC(=O)CCCCCCCCC/C=C\C/C=C\C/C=C\CC.